The number of fused-ring (bicyclic) bond motifs is 3. The van der Waals surface area contributed by atoms with Gasteiger partial charge in [0.15, 0.2) is 5.82 Å². The van der Waals surface area contributed by atoms with E-state index in [1.165, 1.54) is 5.56 Å². The van der Waals surface area contributed by atoms with Crippen LogP contribution < -0.4 is 5.73 Å². The first-order chi connectivity index (χ1) is 8.29. The van der Waals surface area contributed by atoms with Crippen LogP contribution in [0.2, 0.25) is 0 Å². The highest BCUT2D eigenvalue weighted by atomic mass is 14.9. The molecule has 84 valence electrons. The predicted molar refractivity (Wildman–Crippen MR) is 70.8 cm³/mol. The van der Waals surface area contributed by atoms with Crippen LogP contribution >= 0.6 is 0 Å². The quantitative estimate of drug-likeness (QED) is 0.645. The van der Waals surface area contributed by atoms with Crippen molar-refractivity contribution in [3.05, 3.63) is 42.1 Å². The van der Waals surface area contributed by atoms with Crippen LogP contribution in [0, 0.1) is 0 Å². The van der Waals surface area contributed by atoms with Crippen LogP contribution in [-0.2, 0) is 6.42 Å². The maximum Gasteiger partial charge on any atom is 0.150 e. The lowest BCUT2D eigenvalue weighted by atomic mass is 10.1. The van der Waals surface area contributed by atoms with Gasteiger partial charge in [0, 0.05) is 17.0 Å². The molecular weight excluding hydrogens is 210 g/mol. The number of hydrogen-bond donors (Lipinski definition) is 1. The molecule has 0 saturated carbocycles. The fourth-order valence-electron chi connectivity index (χ4n) is 2.13. The number of nitrogen functional groups attached to an aromatic ring is 1. The zero-order valence-corrected chi connectivity index (χ0v) is 9.64. The van der Waals surface area contributed by atoms with Crippen molar-refractivity contribution in [1.29, 1.82) is 0 Å². The SMILES string of the molecule is CCc1ccc2c(c1)nc(N)c1ncccc12. The minimum atomic E-state index is 0.501. The Balaban J connectivity index is 2.48. The Hall–Kier alpha value is -2.16. The van der Waals surface area contributed by atoms with Crippen LogP contribution in [0.1, 0.15) is 12.5 Å². The van der Waals surface area contributed by atoms with Crippen molar-refractivity contribution >= 4 is 27.6 Å². The molecule has 0 aliphatic carbocycles. The van der Waals surface area contributed by atoms with E-state index < -0.39 is 0 Å². The van der Waals surface area contributed by atoms with Gasteiger partial charge < -0.3 is 5.73 Å². The summed E-state index contributed by atoms with van der Waals surface area (Å²) < 4.78 is 0. The van der Waals surface area contributed by atoms with Crippen molar-refractivity contribution in [2.75, 3.05) is 5.73 Å². The molecule has 2 heterocycles. The van der Waals surface area contributed by atoms with E-state index in [4.69, 9.17) is 5.73 Å². The summed E-state index contributed by atoms with van der Waals surface area (Å²) in [6.07, 6.45) is 2.75. The van der Waals surface area contributed by atoms with E-state index in [1.807, 2.05) is 12.1 Å². The molecule has 3 rings (SSSR count). The van der Waals surface area contributed by atoms with Crippen LogP contribution in [0.15, 0.2) is 36.5 Å². The van der Waals surface area contributed by atoms with Crippen molar-refractivity contribution in [2.24, 2.45) is 0 Å². The van der Waals surface area contributed by atoms with Crippen LogP contribution in [0.5, 0.6) is 0 Å². The fraction of sp³-hybridized carbons (Fsp3) is 0.143. The number of nitrogens with two attached hydrogens (primary N) is 1. The van der Waals surface area contributed by atoms with Gasteiger partial charge in [-0.15, -0.1) is 0 Å². The molecule has 0 radical (unpaired) electrons. The van der Waals surface area contributed by atoms with E-state index in [1.54, 1.807) is 6.20 Å². The summed E-state index contributed by atoms with van der Waals surface area (Å²) in [5, 5.41) is 2.18. The molecule has 3 aromatic rings. The summed E-state index contributed by atoms with van der Waals surface area (Å²) in [6.45, 7) is 2.13. The molecule has 0 bridgehead atoms. The summed E-state index contributed by atoms with van der Waals surface area (Å²) >= 11 is 0. The second kappa shape index (κ2) is 3.70. The fourth-order valence-corrected chi connectivity index (χ4v) is 2.13. The maximum atomic E-state index is 5.94. The summed E-state index contributed by atoms with van der Waals surface area (Å²) in [5.74, 6) is 0.501. The molecule has 3 heteroatoms. The number of benzene rings is 1. The lowest BCUT2D eigenvalue weighted by Gasteiger charge is -2.06. The molecule has 0 aliphatic heterocycles. The Bertz CT molecular complexity index is 704. The maximum absolute atomic E-state index is 5.94. The molecule has 2 N–H and O–H groups in total. The van der Waals surface area contributed by atoms with Gasteiger partial charge in [-0.05, 0) is 24.1 Å². The van der Waals surface area contributed by atoms with Gasteiger partial charge in [0.1, 0.15) is 5.52 Å². The Morgan fingerprint density at radius 2 is 2.06 bits per heavy atom. The first-order valence-electron chi connectivity index (χ1n) is 5.72. The van der Waals surface area contributed by atoms with Crippen molar-refractivity contribution in [2.45, 2.75) is 13.3 Å². The largest absolute Gasteiger partial charge is 0.382 e. The van der Waals surface area contributed by atoms with Gasteiger partial charge in [0.05, 0.1) is 5.52 Å². The van der Waals surface area contributed by atoms with Crippen LogP contribution in [0.4, 0.5) is 5.82 Å². The molecule has 0 amide bonds. The zero-order chi connectivity index (χ0) is 11.8. The standard InChI is InChI=1S/C14H13N3/c1-2-9-5-6-10-11-4-3-7-16-13(11)14(15)17-12(10)8-9/h3-8H,2H2,1H3,(H2,15,17). The molecule has 0 atom stereocenters. The average Bonchev–Trinajstić information content (AvgIpc) is 2.38. The second-order valence-corrected chi connectivity index (χ2v) is 4.10. The van der Waals surface area contributed by atoms with E-state index in [2.05, 4.69) is 35.1 Å². The van der Waals surface area contributed by atoms with Gasteiger partial charge in [-0.25, -0.2) is 4.98 Å². The molecular formula is C14H13N3. The molecule has 0 spiro atoms. The number of hydrogen-bond acceptors (Lipinski definition) is 3. The van der Waals surface area contributed by atoms with Crippen LogP contribution in [0.3, 0.4) is 0 Å². The van der Waals surface area contributed by atoms with E-state index >= 15 is 0 Å². The summed E-state index contributed by atoms with van der Waals surface area (Å²) in [6, 6.07) is 10.3. The molecule has 17 heavy (non-hydrogen) atoms. The number of pyridine rings is 2. The van der Waals surface area contributed by atoms with E-state index in [0.717, 1.165) is 28.2 Å². The molecule has 3 nitrogen and oxygen atoms in total. The highest BCUT2D eigenvalue weighted by Crippen LogP contribution is 2.26. The zero-order valence-electron chi connectivity index (χ0n) is 9.64. The molecule has 0 aliphatic rings. The van der Waals surface area contributed by atoms with Crippen LogP contribution in [-0.4, -0.2) is 9.97 Å². The number of anilines is 1. The second-order valence-electron chi connectivity index (χ2n) is 4.10. The first kappa shape index (κ1) is 10.0. The highest BCUT2D eigenvalue weighted by molar-refractivity contribution is 6.07. The van der Waals surface area contributed by atoms with Crippen LogP contribution in [0.25, 0.3) is 21.8 Å². The third kappa shape index (κ3) is 1.51. The van der Waals surface area contributed by atoms with Crippen molar-refractivity contribution in [1.82, 2.24) is 9.97 Å². The van der Waals surface area contributed by atoms with E-state index in [-0.39, 0.29) is 0 Å². The number of aryl methyl sites for hydroxylation is 1. The normalized spacial score (nSPS) is 11.1. The Morgan fingerprint density at radius 3 is 2.88 bits per heavy atom. The lowest BCUT2D eigenvalue weighted by Crippen LogP contribution is -1.95. The lowest BCUT2D eigenvalue weighted by molar-refractivity contribution is 1.14. The first-order valence-corrected chi connectivity index (χ1v) is 5.72. The minimum absolute atomic E-state index is 0.501. The van der Waals surface area contributed by atoms with Gasteiger partial charge >= 0.3 is 0 Å². The summed E-state index contributed by atoms with van der Waals surface area (Å²) in [7, 11) is 0. The van der Waals surface area contributed by atoms with E-state index in [9.17, 15) is 0 Å². The van der Waals surface area contributed by atoms with Crippen molar-refractivity contribution < 1.29 is 0 Å². The third-order valence-electron chi connectivity index (χ3n) is 3.05. The Morgan fingerprint density at radius 1 is 1.18 bits per heavy atom. The molecule has 2 aromatic heterocycles. The molecule has 0 fully saturated rings. The average molecular weight is 223 g/mol. The number of rotatable bonds is 1. The predicted octanol–water partition coefficient (Wildman–Crippen LogP) is 2.93. The van der Waals surface area contributed by atoms with Gasteiger partial charge in [-0.2, -0.15) is 0 Å². The monoisotopic (exact) mass is 223 g/mol. The van der Waals surface area contributed by atoms with Crippen molar-refractivity contribution in [3.63, 3.8) is 0 Å². The summed E-state index contributed by atoms with van der Waals surface area (Å²) in [4.78, 5) is 8.71. The van der Waals surface area contributed by atoms with Gasteiger partial charge in [0.2, 0.25) is 0 Å². The third-order valence-corrected chi connectivity index (χ3v) is 3.05. The number of aromatic nitrogens is 2. The highest BCUT2D eigenvalue weighted by Gasteiger charge is 2.06. The Labute approximate surface area is 99.3 Å². The van der Waals surface area contributed by atoms with Gasteiger partial charge in [0.25, 0.3) is 0 Å². The topological polar surface area (TPSA) is 51.8 Å². The molecule has 0 unspecified atom stereocenters. The smallest absolute Gasteiger partial charge is 0.150 e. The van der Waals surface area contributed by atoms with Crippen molar-refractivity contribution in [3.8, 4) is 0 Å². The minimum Gasteiger partial charge on any atom is -0.382 e. The van der Waals surface area contributed by atoms with Gasteiger partial charge in [-0.3, -0.25) is 4.98 Å². The molecule has 0 saturated heterocycles. The Kier molecular flexibility index (Phi) is 2.18. The van der Waals surface area contributed by atoms with E-state index in [0.29, 0.717) is 5.82 Å². The molecule has 1 aromatic carbocycles. The number of nitrogens with zero attached hydrogens (tertiary/aromatic N) is 2. The van der Waals surface area contributed by atoms with Gasteiger partial charge in [-0.1, -0.05) is 25.1 Å². The summed E-state index contributed by atoms with van der Waals surface area (Å²) in [5.41, 5.74) is 8.94.